The predicted octanol–water partition coefficient (Wildman–Crippen LogP) is 3.26. The third-order valence-electron chi connectivity index (χ3n) is 4.22. The molecule has 0 aliphatic carbocycles. The highest BCUT2D eigenvalue weighted by Crippen LogP contribution is 2.30. The maximum atomic E-state index is 12.8. The number of benzene rings is 1. The summed E-state index contributed by atoms with van der Waals surface area (Å²) < 4.78 is 43.8. The number of hydrogen-bond acceptors (Lipinski definition) is 4. The number of ether oxygens (including phenoxy) is 1. The Morgan fingerprint density at radius 2 is 2.00 bits per heavy atom. The number of amides is 2. The fraction of sp³-hybridized carbons (Fsp3) is 0.316. The van der Waals surface area contributed by atoms with Gasteiger partial charge in [-0.05, 0) is 43.2 Å². The Kier molecular flexibility index (Phi) is 5.93. The van der Waals surface area contributed by atoms with Crippen LogP contribution in [-0.2, 0) is 10.9 Å². The fourth-order valence-corrected chi connectivity index (χ4v) is 2.77. The fourth-order valence-electron chi connectivity index (χ4n) is 2.77. The molecule has 1 atom stereocenters. The summed E-state index contributed by atoms with van der Waals surface area (Å²) in [6, 6.07) is 6.97. The molecule has 0 radical (unpaired) electrons. The van der Waals surface area contributed by atoms with Gasteiger partial charge in [0.15, 0.2) is 0 Å². The van der Waals surface area contributed by atoms with Gasteiger partial charge in [0.05, 0.1) is 11.7 Å². The Bertz CT molecular complexity index is 865. The molecule has 1 aromatic heterocycles. The number of nitrogens with one attached hydrogen (secondary N) is 2. The average molecular weight is 393 g/mol. The van der Waals surface area contributed by atoms with Gasteiger partial charge in [-0.1, -0.05) is 6.07 Å². The van der Waals surface area contributed by atoms with Crippen molar-refractivity contribution in [3.63, 3.8) is 0 Å². The topological polar surface area (TPSA) is 80.3 Å². The standard InChI is InChI=1S/C19H18F3N3O3/c20-19(21,22)13-3-1-4-14(10-13)25-17(26)12-6-7-23-16(9-12)18(27)24-11-15-5-2-8-28-15/h1,3-4,6-7,9-10,15H,2,5,8,11H2,(H,24,27)(H,25,26). The maximum Gasteiger partial charge on any atom is 0.416 e. The minimum atomic E-state index is -4.51. The molecule has 3 rings (SSSR count). The molecule has 0 saturated carbocycles. The van der Waals surface area contributed by atoms with Crippen molar-refractivity contribution in [3.05, 3.63) is 59.4 Å². The van der Waals surface area contributed by atoms with E-state index in [-0.39, 0.29) is 23.0 Å². The van der Waals surface area contributed by atoms with Crippen molar-refractivity contribution < 1.29 is 27.5 Å². The smallest absolute Gasteiger partial charge is 0.376 e. The number of rotatable bonds is 5. The van der Waals surface area contributed by atoms with E-state index in [0.29, 0.717) is 13.2 Å². The lowest BCUT2D eigenvalue weighted by Gasteiger charge is -2.11. The molecule has 2 N–H and O–H groups in total. The molecule has 1 unspecified atom stereocenters. The number of alkyl halides is 3. The van der Waals surface area contributed by atoms with Crippen molar-refractivity contribution >= 4 is 17.5 Å². The Hall–Kier alpha value is -2.94. The summed E-state index contributed by atoms with van der Waals surface area (Å²) in [7, 11) is 0. The van der Waals surface area contributed by atoms with E-state index in [1.54, 1.807) is 0 Å². The second-order valence-corrected chi connectivity index (χ2v) is 6.31. The normalized spacial score (nSPS) is 16.6. The summed E-state index contributed by atoms with van der Waals surface area (Å²) in [5, 5.41) is 5.09. The van der Waals surface area contributed by atoms with Gasteiger partial charge in [-0.15, -0.1) is 0 Å². The first-order chi connectivity index (χ1) is 13.3. The monoisotopic (exact) mass is 393 g/mol. The third kappa shape index (κ3) is 5.07. The molecule has 1 fully saturated rings. The first-order valence-electron chi connectivity index (χ1n) is 8.67. The summed E-state index contributed by atoms with van der Waals surface area (Å²) in [6.45, 7) is 1.02. The van der Waals surface area contributed by atoms with Crippen LogP contribution in [0.4, 0.5) is 18.9 Å². The summed E-state index contributed by atoms with van der Waals surface area (Å²) in [5.41, 5.74) is -0.723. The number of aromatic nitrogens is 1. The van der Waals surface area contributed by atoms with Gasteiger partial charge in [0.2, 0.25) is 0 Å². The van der Waals surface area contributed by atoms with Gasteiger partial charge >= 0.3 is 6.18 Å². The van der Waals surface area contributed by atoms with Gasteiger partial charge in [0.25, 0.3) is 11.8 Å². The molecule has 148 valence electrons. The number of anilines is 1. The summed E-state index contributed by atoms with van der Waals surface area (Å²) in [5.74, 6) is -1.10. The molecule has 0 spiro atoms. The minimum absolute atomic E-state index is 0.000945. The van der Waals surface area contributed by atoms with Crippen molar-refractivity contribution in [3.8, 4) is 0 Å². The molecule has 2 aromatic rings. The zero-order valence-electron chi connectivity index (χ0n) is 14.8. The van der Waals surface area contributed by atoms with Crippen LogP contribution in [0.25, 0.3) is 0 Å². The van der Waals surface area contributed by atoms with Gasteiger partial charge in [-0.25, -0.2) is 0 Å². The van der Waals surface area contributed by atoms with E-state index >= 15 is 0 Å². The highest BCUT2D eigenvalue weighted by molar-refractivity contribution is 6.05. The van der Waals surface area contributed by atoms with Crippen molar-refractivity contribution in [2.75, 3.05) is 18.5 Å². The van der Waals surface area contributed by atoms with Crippen LogP contribution in [0.5, 0.6) is 0 Å². The van der Waals surface area contributed by atoms with Crippen LogP contribution < -0.4 is 10.6 Å². The Morgan fingerprint density at radius 3 is 2.71 bits per heavy atom. The summed E-state index contributed by atoms with van der Waals surface area (Å²) >= 11 is 0. The average Bonchev–Trinajstić information content (AvgIpc) is 3.19. The summed E-state index contributed by atoms with van der Waals surface area (Å²) in [4.78, 5) is 28.5. The highest BCUT2D eigenvalue weighted by atomic mass is 19.4. The van der Waals surface area contributed by atoms with E-state index in [1.165, 1.54) is 30.5 Å². The van der Waals surface area contributed by atoms with Gasteiger partial charge in [0, 0.05) is 30.6 Å². The molecule has 2 heterocycles. The molecule has 0 bridgehead atoms. The largest absolute Gasteiger partial charge is 0.416 e. The van der Waals surface area contributed by atoms with Crippen LogP contribution in [0.2, 0.25) is 0 Å². The highest BCUT2D eigenvalue weighted by Gasteiger charge is 2.30. The number of nitrogens with zero attached hydrogens (tertiary/aromatic N) is 1. The van der Waals surface area contributed by atoms with Gasteiger partial charge in [0.1, 0.15) is 5.69 Å². The molecule has 2 amide bonds. The van der Waals surface area contributed by atoms with Crippen molar-refractivity contribution in [1.29, 1.82) is 0 Å². The summed E-state index contributed by atoms with van der Waals surface area (Å²) in [6.07, 6.45) is -1.43. The Labute approximate surface area is 159 Å². The molecule has 1 saturated heterocycles. The first kappa shape index (κ1) is 19.8. The van der Waals surface area contributed by atoms with Crippen LogP contribution in [-0.4, -0.2) is 36.1 Å². The SMILES string of the molecule is O=C(Nc1cccc(C(F)(F)F)c1)c1ccnc(C(=O)NCC2CCCO2)c1. The van der Waals surface area contributed by atoms with Crippen molar-refractivity contribution in [2.45, 2.75) is 25.1 Å². The Balaban J connectivity index is 1.66. The van der Waals surface area contributed by atoms with Gasteiger partial charge < -0.3 is 15.4 Å². The molecule has 6 nitrogen and oxygen atoms in total. The van der Waals surface area contributed by atoms with Gasteiger partial charge in [-0.3, -0.25) is 14.6 Å². The molecule has 1 aromatic carbocycles. The Morgan fingerprint density at radius 1 is 1.18 bits per heavy atom. The number of carbonyl (C=O) groups is 2. The third-order valence-corrected chi connectivity index (χ3v) is 4.22. The van der Waals surface area contributed by atoms with Crippen molar-refractivity contribution in [1.82, 2.24) is 10.3 Å². The van der Waals surface area contributed by atoms with Crippen LogP contribution in [0.3, 0.4) is 0 Å². The van der Waals surface area contributed by atoms with E-state index in [9.17, 15) is 22.8 Å². The lowest BCUT2D eigenvalue weighted by molar-refractivity contribution is -0.137. The second kappa shape index (κ2) is 8.39. The lowest BCUT2D eigenvalue weighted by Crippen LogP contribution is -2.32. The molecular weight excluding hydrogens is 375 g/mol. The molecule has 1 aliphatic heterocycles. The zero-order valence-corrected chi connectivity index (χ0v) is 14.8. The van der Waals surface area contributed by atoms with Crippen molar-refractivity contribution in [2.24, 2.45) is 0 Å². The number of halogens is 3. The number of hydrogen-bond donors (Lipinski definition) is 2. The van der Waals surface area contributed by atoms with E-state index in [1.807, 2.05) is 0 Å². The van der Waals surface area contributed by atoms with Gasteiger partial charge in [-0.2, -0.15) is 13.2 Å². The first-order valence-corrected chi connectivity index (χ1v) is 8.67. The van der Waals surface area contributed by atoms with Crippen LogP contribution in [0.1, 0.15) is 39.3 Å². The van der Waals surface area contributed by atoms with Crippen LogP contribution >= 0.6 is 0 Å². The minimum Gasteiger partial charge on any atom is -0.376 e. The number of carbonyl (C=O) groups excluding carboxylic acids is 2. The van der Waals surface area contributed by atoms with Crippen LogP contribution in [0, 0.1) is 0 Å². The van der Waals surface area contributed by atoms with E-state index in [0.717, 1.165) is 25.0 Å². The number of pyridine rings is 1. The molecule has 1 aliphatic rings. The van der Waals surface area contributed by atoms with E-state index < -0.39 is 23.6 Å². The van der Waals surface area contributed by atoms with E-state index in [2.05, 4.69) is 15.6 Å². The van der Waals surface area contributed by atoms with Crippen LogP contribution in [0.15, 0.2) is 42.6 Å². The van der Waals surface area contributed by atoms with E-state index in [4.69, 9.17) is 4.74 Å². The lowest BCUT2D eigenvalue weighted by atomic mass is 10.1. The molecule has 9 heteroatoms. The second-order valence-electron chi connectivity index (χ2n) is 6.31. The maximum absolute atomic E-state index is 12.8. The zero-order chi connectivity index (χ0) is 20.1. The molecular formula is C19H18F3N3O3. The predicted molar refractivity (Wildman–Crippen MR) is 94.9 cm³/mol. The molecule has 28 heavy (non-hydrogen) atoms. The quantitative estimate of drug-likeness (QED) is 0.817.